The number of hydrogen-bond donors (Lipinski definition) is 1. The lowest BCUT2D eigenvalue weighted by atomic mass is 9.82. The highest BCUT2D eigenvalue weighted by molar-refractivity contribution is 5.28. The highest BCUT2D eigenvalue weighted by atomic mass is 16.4. The predicted octanol–water partition coefficient (Wildman–Crippen LogP) is 3.15. The van der Waals surface area contributed by atoms with Crippen molar-refractivity contribution in [3.05, 3.63) is 5.89 Å². The largest absolute Gasteiger partial charge is 0.406 e. The van der Waals surface area contributed by atoms with Gasteiger partial charge in [-0.1, -0.05) is 25.9 Å². The van der Waals surface area contributed by atoms with E-state index in [1.54, 1.807) is 0 Å². The normalized spacial score (nSPS) is 19.5. The van der Waals surface area contributed by atoms with Gasteiger partial charge >= 0.3 is 6.01 Å². The molecule has 1 N–H and O–H groups in total. The van der Waals surface area contributed by atoms with E-state index in [4.69, 9.17) is 4.42 Å². The Bertz CT molecular complexity index is 414. The van der Waals surface area contributed by atoms with Gasteiger partial charge in [0.05, 0.1) is 6.04 Å². The summed E-state index contributed by atoms with van der Waals surface area (Å²) in [7, 11) is 0. The first-order valence-electron chi connectivity index (χ1n) is 7.96. The summed E-state index contributed by atoms with van der Waals surface area (Å²) in [6.45, 7) is 11.8. The van der Waals surface area contributed by atoms with Crippen LogP contribution in [-0.4, -0.2) is 29.8 Å². The molecular formula is C15H28N4O. The Morgan fingerprint density at radius 3 is 2.65 bits per heavy atom. The lowest BCUT2D eigenvalue weighted by molar-refractivity contribution is 0.299. The molecule has 1 unspecified atom stereocenters. The Morgan fingerprint density at radius 2 is 2.05 bits per heavy atom. The molecule has 0 saturated carbocycles. The van der Waals surface area contributed by atoms with E-state index in [0.29, 0.717) is 17.3 Å². The van der Waals surface area contributed by atoms with E-state index in [9.17, 15) is 0 Å². The molecule has 0 amide bonds. The van der Waals surface area contributed by atoms with Gasteiger partial charge in [-0.15, -0.1) is 5.10 Å². The van der Waals surface area contributed by atoms with E-state index in [1.165, 1.54) is 19.3 Å². The van der Waals surface area contributed by atoms with Crippen molar-refractivity contribution in [2.24, 2.45) is 5.41 Å². The van der Waals surface area contributed by atoms with E-state index in [2.05, 4.69) is 48.1 Å². The minimum Gasteiger partial charge on any atom is -0.406 e. The Kier molecular flexibility index (Phi) is 5.02. The Labute approximate surface area is 122 Å². The van der Waals surface area contributed by atoms with Gasteiger partial charge in [0.1, 0.15) is 0 Å². The molecule has 1 fully saturated rings. The maximum atomic E-state index is 5.85. The predicted molar refractivity (Wildman–Crippen MR) is 80.9 cm³/mol. The summed E-state index contributed by atoms with van der Waals surface area (Å²) in [4.78, 5) is 2.25. The number of nitrogens with zero attached hydrogens (tertiary/aromatic N) is 3. The molecule has 5 heteroatoms. The zero-order chi connectivity index (χ0) is 14.6. The third-order valence-corrected chi connectivity index (χ3v) is 4.71. The minimum atomic E-state index is 0.126. The van der Waals surface area contributed by atoms with Crippen LogP contribution in [0.15, 0.2) is 4.42 Å². The molecular weight excluding hydrogens is 252 g/mol. The van der Waals surface area contributed by atoms with Crippen LogP contribution in [0.25, 0.3) is 0 Å². The monoisotopic (exact) mass is 280 g/mol. The summed E-state index contributed by atoms with van der Waals surface area (Å²) >= 11 is 0. The summed E-state index contributed by atoms with van der Waals surface area (Å²) in [6, 6.07) is 0.815. The first-order chi connectivity index (χ1) is 9.64. The SMILES string of the molecule is CCCNC(C)c1nnc(N2CCC(CC)(CC)C2)o1. The molecule has 1 saturated heterocycles. The van der Waals surface area contributed by atoms with E-state index >= 15 is 0 Å². The molecule has 0 aliphatic carbocycles. The van der Waals surface area contributed by atoms with Crippen molar-refractivity contribution in [2.45, 2.75) is 59.4 Å². The molecule has 1 aromatic heterocycles. The molecule has 1 aliphatic rings. The lowest BCUT2D eigenvalue weighted by Crippen LogP contribution is -2.26. The van der Waals surface area contributed by atoms with E-state index < -0.39 is 0 Å². The molecule has 1 aliphatic heterocycles. The molecule has 0 spiro atoms. The second-order valence-corrected chi connectivity index (χ2v) is 5.98. The average molecular weight is 280 g/mol. The van der Waals surface area contributed by atoms with Gasteiger partial charge in [-0.25, -0.2) is 0 Å². The van der Waals surface area contributed by atoms with Gasteiger partial charge in [-0.2, -0.15) is 0 Å². The first-order valence-corrected chi connectivity index (χ1v) is 7.96. The highest BCUT2D eigenvalue weighted by Gasteiger charge is 2.37. The molecule has 114 valence electrons. The zero-order valence-electron chi connectivity index (χ0n) is 13.3. The van der Waals surface area contributed by atoms with Crippen molar-refractivity contribution in [3.63, 3.8) is 0 Å². The third kappa shape index (κ3) is 3.14. The maximum Gasteiger partial charge on any atom is 0.318 e. The van der Waals surface area contributed by atoms with Crippen LogP contribution < -0.4 is 10.2 Å². The molecule has 20 heavy (non-hydrogen) atoms. The van der Waals surface area contributed by atoms with Crippen LogP contribution in [0.4, 0.5) is 6.01 Å². The van der Waals surface area contributed by atoms with Crippen molar-refractivity contribution >= 4 is 6.01 Å². The summed E-state index contributed by atoms with van der Waals surface area (Å²) < 4.78 is 5.85. The smallest absolute Gasteiger partial charge is 0.318 e. The number of hydrogen-bond acceptors (Lipinski definition) is 5. The van der Waals surface area contributed by atoms with E-state index in [-0.39, 0.29) is 6.04 Å². The van der Waals surface area contributed by atoms with Crippen LogP contribution in [0.1, 0.15) is 65.3 Å². The maximum absolute atomic E-state index is 5.85. The van der Waals surface area contributed by atoms with Crippen LogP contribution in [-0.2, 0) is 0 Å². The summed E-state index contributed by atoms with van der Waals surface area (Å²) in [5, 5.41) is 11.8. The fraction of sp³-hybridized carbons (Fsp3) is 0.867. The van der Waals surface area contributed by atoms with Gasteiger partial charge in [-0.3, -0.25) is 0 Å². The van der Waals surface area contributed by atoms with Crippen molar-refractivity contribution in [3.8, 4) is 0 Å². The lowest BCUT2D eigenvalue weighted by Gasteiger charge is -2.25. The summed E-state index contributed by atoms with van der Waals surface area (Å²) in [5.41, 5.74) is 0.431. The molecule has 1 atom stereocenters. The van der Waals surface area contributed by atoms with Crippen molar-refractivity contribution in [1.82, 2.24) is 15.5 Å². The van der Waals surface area contributed by atoms with E-state index in [1.807, 2.05) is 0 Å². The first kappa shape index (κ1) is 15.3. The van der Waals surface area contributed by atoms with Gasteiger partial charge in [0.15, 0.2) is 0 Å². The van der Waals surface area contributed by atoms with Crippen LogP contribution in [0.3, 0.4) is 0 Å². The standard InChI is InChI=1S/C15H28N4O/c1-5-9-16-12(4)13-17-18-14(20-13)19-10-8-15(6-2,7-3)11-19/h12,16H,5-11H2,1-4H3. The van der Waals surface area contributed by atoms with Crippen molar-refractivity contribution < 1.29 is 4.42 Å². The third-order valence-electron chi connectivity index (χ3n) is 4.71. The Hall–Kier alpha value is -1.10. The van der Waals surface area contributed by atoms with E-state index in [0.717, 1.165) is 26.1 Å². The van der Waals surface area contributed by atoms with Crippen LogP contribution in [0, 0.1) is 5.41 Å². The van der Waals surface area contributed by atoms with Gasteiger partial charge in [0.25, 0.3) is 0 Å². The molecule has 0 radical (unpaired) electrons. The van der Waals surface area contributed by atoms with Crippen LogP contribution in [0.5, 0.6) is 0 Å². The van der Waals surface area contributed by atoms with Crippen molar-refractivity contribution in [1.29, 1.82) is 0 Å². The fourth-order valence-corrected chi connectivity index (χ4v) is 2.90. The number of nitrogens with one attached hydrogen (secondary N) is 1. The van der Waals surface area contributed by atoms with Gasteiger partial charge in [0, 0.05) is 13.1 Å². The molecule has 1 aromatic rings. The van der Waals surface area contributed by atoms with Crippen molar-refractivity contribution in [2.75, 3.05) is 24.5 Å². The van der Waals surface area contributed by atoms with Crippen LogP contribution in [0.2, 0.25) is 0 Å². The zero-order valence-corrected chi connectivity index (χ0v) is 13.3. The summed E-state index contributed by atoms with van der Waals surface area (Å²) in [6.07, 6.45) is 4.76. The summed E-state index contributed by atoms with van der Waals surface area (Å²) in [5.74, 6) is 0.693. The van der Waals surface area contributed by atoms with Gasteiger partial charge in [-0.05, 0) is 44.6 Å². The molecule has 0 bridgehead atoms. The minimum absolute atomic E-state index is 0.126. The molecule has 2 heterocycles. The fourth-order valence-electron chi connectivity index (χ4n) is 2.90. The number of aromatic nitrogens is 2. The second kappa shape index (κ2) is 6.57. The van der Waals surface area contributed by atoms with Crippen LogP contribution >= 0.6 is 0 Å². The number of anilines is 1. The topological polar surface area (TPSA) is 54.2 Å². The Balaban J connectivity index is 1.99. The molecule has 0 aromatic carbocycles. The highest BCUT2D eigenvalue weighted by Crippen LogP contribution is 2.38. The number of rotatable bonds is 7. The van der Waals surface area contributed by atoms with Gasteiger partial charge in [0.2, 0.25) is 5.89 Å². The van der Waals surface area contributed by atoms with Gasteiger partial charge < -0.3 is 14.6 Å². The Morgan fingerprint density at radius 1 is 1.30 bits per heavy atom. The average Bonchev–Trinajstić information content (AvgIpc) is 3.11. The second-order valence-electron chi connectivity index (χ2n) is 5.98. The molecule has 2 rings (SSSR count). The quantitative estimate of drug-likeness (QED) is 0.831. The molecule has 5 nitrogen and oxygen atoms in total.